The van der Waals surface area contributed by atoms with Crippen molar-refractivity contribution in [3.8, 4) is 0 Å². The van der Waals surface area contributed by atoms with Gasteiger partial charge in [0.05, 0.1) is 13.1 Å². The number of benzene rings is 2. The van der Waals surface area contributed by atoms with E-state index in [4.69, 9.17) is 9.47 Å². The molecule has 1 aliphatic carbocycles. The van der Waals surface area contributed by atoms with Gasteiger partial charge in [0.25, 0.3) is 0 Å². The Morgan fingerprint density at radius 2 is 1.75 bits per heavy atom. The van der Waals surface area contributed by atoms with Crippen LogP contribution in [0.15, 0.2) is 54.6 Å². The van der Waals surface area contributed by atoms with Gasteiger partial charge in [-0.1, -0.05) is 49.3 Å². The van der Waals surface area contributed by atoms with Crippen molar-refractivity contribution >= 4 is 35.8 Å². The number of rotatable bonds is 6. The van der Waals surface area contributed by atoms with Gasteiger partial charge in [0.2, 0.25) is 23.6 Å². The molecule has 16 heteroatoms. The summed E-state index contributed by atoms with van der Waals surface area (Å²) in [5.41, 5.74) is -1.01. The average Bonchev–Trinajstić information content (AvgIpc) is 3.45. The standard InChI is InChI=1S/C41H50F2N6O8/c1-40(2,3)57-38(54)45-31-14-9-7-5-6-8-12-26-20-41(26,37(53)46-33(35(51)44-4)24-15-17-27(42)18-16-24)47-34(50)32-19-28(22-49(32)36(31)52)56-39(55)48-21-25-11-10-13-30(43)29(25)23-48/h8,10-13,15-18,26,28,31-33H,5-7,9,14,19-23H2,1-4H3,(H,44,51)(H,45,54)(H,46,53)(H,47,50)/b12-8-/t26-,28+,31-,32-,33+,41+/m0/s1. The highest BCUT2D eigenvalue weighted by molar-refractivity contribution is 6.00. The minimum absolute atomic E-state index is 0.0104. The molecule has 0 aromatic heterocycles. The molecule has 6 rings (SSSR count). The monoisotopic (exact) mass is 792 g/mol. The fourth-order valence-corrected chi connectivity index (χ4v) is 7.70. The zero-order chi connectivity index (χ0) is 41.1. The van der Waals surface area contributed by atoms with Gasteiger partial charge in [-0.2, -0.15) is 0 Å². The van der Waals surface area contributed by atoms with Crippen molar-refractivity contribution < 1.29 is 47.0 Å². The summed E-state index contributed by atoms with van der Waals surface area (Å²) in [5, 5.41) is 10.8. The first kappa shape index (κ1) is 41.1. The third-order valence-electron chi connectivity index (χ3n) is 10.8. The van der Waals surface area contributed by atoms with Crippen LogP contribution < -0.4 is 21.3 Å². The summed E-state index contributed by atoms with van der Waals surface area (Å²) < 4.78 is 39.6. The molecule has 2 fully saturated rings. The Hall–Kier alpha value is -5.54. The molecule has 1 saturated carbocycles. The number of amides is 6. The van der Waals surface area contributed by atoms with Crippen molar-refractivity contribution in [2.45, 2.75) is 114 Å². The van der Waals surface area contributed by atoms with Crippen LogP contribution in [-0.4, -0.2) is 88.5 Å². The van der Waals surface area contributed by atoms with Crippen molar-refractivity contribution in [1.82, 2.24) is 31.1 Å². The van der Waals surface area contributed by atoms with Gasteiger partial charge < -0.3 is 35.6 Å². The summed E-state index contributed by atoms with van der Waals surface area (Å²) in [6, 6.07) is 6.17. The maximum Gasteiger partial charge on any atom is 0.410 e. The van der Waals surface area contributed by atoms with Gasteiger partial charge >= 0.3 is 12.2 Å². The number of likely N-dealkylation sites (N-methyl/N-ethyl adjacent to an activating group) is 1. The lowest BCUT2D eigenvalue weighted by molar-refractivity contribution is -0.141. The van der Waals surface area contributed by atoms with E-state index in [0.717, 1.165) is 6.42 Å². The molecule has 306 valence electrons. The second-order valence-electron chi connectivity index (χ2n) is 16.1. The van der Waals surface area contributed by atoms with E-state index < -0.39 is 88.7 Å². The van der Waals surface area contributed by atoms with Crippen molar-refractivity contribution in [1.29, 1.82) is 0 Å². The lowest BCUT2D eigenvalue weighted by Crippen LogP contribution is -2.58. The van der Waals surface area contributed by atoms with Gasteiger partial charge in [0.15, 0.2) is 0 Å². The van der Waals surface area contributed by atoms with Crippen LogP contribution in [0.25, 0.3) is 0 Å². The van der Waals surface area contributed by atoms with E-state index in [0.29, 0.717) is 36.0 Å². The number of allylic oxidation sites excluding steroid dienone is 1. The molecule has 4 N–H and O–H groups in total. The zero-order valence-corrected chi connectivity index (χ0v) is 32.6. The number of hydrogen-bond acceptors (Lipinski definition) is 8. The van der Waals surface area contributed by atoms with Gasteiger partial charge in [-0.15, -0.1) is 0 Å². The summed E-state index contributed by atoms with van der Waals surface area (Å²) in [7, 11) is 1.40. The molecule has 0 spiro atoms. The lowest BCUT2D eigenvalue weighted by atomic mass is 10.0. The van der Waals surface area contributed by atoms with Crippen LogP contribution in [0.5, 0.6) is 0 Å². The molecule has 2 aromatic carbocycles. The predicted molar refractivity (Wildman–Crippen MR) is 202 cm³/mol. The average molecular weight is 793 g/mol. The first-order valence-electron chi connectivity index (χ1n) is 19.4. The topological polar surface area (TPSA) is 175 Å². The van der Waals surface area contributed by atoms with E-state index in [9.17, 15) is 37.5 Å². The first-order valence-corrected chi connectivity index (χ1v) is 19.4. The normalized spacial score (nSPS) is 25.9. The molecular weight excluding hydrogens is 742 g/mol. The Kier molecular flexibility index (Phi) is 12.2. The molecule has 1 saturated heterocycles. The maximum atomic E-state index is 14.5. The minimum Gasteiger partial charge on any atom is -0.444 e. The molecule has 14 nitrogen and oxygen atoms in total. The predicted octanol–water partition coefficient (Wildman–Crippen LogP) is 4.28. The van der Waals surface area contributed by atoms with Gasteiger partial charge in [-0.25, -0.2) is 18.4 Å². The minimum atomic E-state index is -1.51. The number of carbonyl (C=O) groups is 6. The first-order chi connectivity index (χ1) is 27.1. The Balaban J connectivity index is 1.27. The number of nitrogens with zero attached hydrogens (tertiary/aromatic N) is 2. The molecule has 6 amide bonds. The summed E-state index contributed by atoms with van der Waals surface area (Å²) >= 11 is 0. The van der Waals surface area contributed by atoms with Crippen LogP contribution in [0.3, 0.4) is 0 Å². The van der Waals surface area contributed by atoms with Crippen LogP contribution in [0.4, 0.5) is 18.4 Å². The van der Waals surface area contributed by atoms with Crippen LogP contribution in [0, 0.1) is 17.6 Å². The highest BCUT2D eigenvalue weighted by Crippen LogP contribution is 2.46. The van der Waals surface area contributed by atoms with Crippen LogP contribution in [0.2, 0.25) is 0 Å². The third kappa shape index (κ3) is 9.54. The summed E-state index contributed by atoms with van der Waals surface area (Å²) in [6.07, 6.45) is 4.25. The second kappa shape index (κ2) is 16.9. The van der Waals surface area contributed by atoms with E-state index >= 15 is 0 Å². The van der Waals surface area contributed by atoms with Crippen molar-refractivity contribution in [3.63, 3.8) is 0 Å². The third-order valence-corrected chi connectivity index (χ3v) is 10.8. The van der Waals surface area contributed by atoms with Crippen LogP contribution in [0.1, 0.15) is 88.4 Å². The zero-order valence-electron chi connectivity index (χ0n) is 32.6. The van der Waals surface area contributed by atoms with Crippen molar-refractivity contribution in [3.05, 3.63) is 82.9 Å². The molecule has 3 heterocycles. The largest absolute Gasteiger partial charge is 0.444 e. The molecule has 3 aliphatic heterocycles. The smallest absolute Gasteiger partial charge is 0.410 e. The fourth-order valence-electron chi connectivity index (χ4n) is 7.70. The molecule has 0 radical (unpaired) electrons. The van der Waals surface area contributed by atoms with Crippen molar-refractivity contribution in [2.24, 2.45) is 5.92 Å². The van der Waals surface area contributed by atoms with E-state index in [1.54, 1.807) is 32.9 Å². The second-order valence-corrected chi connectivity index (χ2v) is 16.1. The molecular formula is C41H50F2N6O8. The summed E-state index contributed by atoms with van der Waals surface area (Å²) in [6.45, 7) is 4.99. The molecule has 2 aromatic rings. The molecule has 4 aliphatic rings. The Labute approximate surface area is 330 Å². The SMILES string of the molecule is CNC(=O)[C@H](NC(=O)[C@@]12C[C@@H]1/C=C\CCCCC[C@H](NC(=O)OC(C)(C)C)C(=O)N1C[C@H](OC(=O)N3Cc4cccc(F)c4C3)C[C@H]1C(=O)N2)c1ccc(F)cc1. The van der Waals surface area contributed by atoms with E-state index in [2.05, 4.69) is 21.3 Å². The molecule has 0 unspecified atom stereocenters. The number of fused-ring (bicyclic) bond motifs is 3. The number of carbonyl (C=O) groups excluding carboxylic acids is 6. The van der Waals surface area contributed by atoms with E-state index in [-0.39, 0.29) is 38.9 Å². The van der Waals surface area contributed by atoms with Gasteiger partial charge in [0.1, 0.15) is 47.0 Å². The van der Waals surface area contributed by atoms with Crippen LogP contribution in [-0.2, 0) is 41.7 Å². The number of ether oxygens (including phenoxy) is 2. The maximum absolute atomic E-state index is 14.5. The lowest BCUT2D eigenvalue weighted by Gasteiger charge is -2.30. The highest BCUT2D eigenvalue weighted by Gasteiger charge is 2.61. The summed E-state index contributed by atoms with van der Waals surface area (Å²) in [5.74, 6) is -3.93. The number of hydrogen-bond donors (Lipinski definition) is 4. The molecule has 57 heavy (non-hydrogen) atoms. The Morgan fingerprint density at radius 1 is 1.00 bits per heavy atom. The molecule has 6 atom stereocenters. The van der Waals surface area contributed by atoms with Gasteiger partial charge in [-0.3, -0.25) is 24.1 Å². The Morgan fingerprint density at radius 3 is 2.46 bits per heavy atom. The number of nitrogens with one attached hydrogen (secondary N) is 4. The van der Waals surface area contributed by atoms with Gasteiger partial charge in [0, 0.05) is 31.5 Å². The molecule has 0 bridgehead atoms. The van der Waals surface area contributed by atoms with Crippen LogP contribution >= 0.6 is 0 Å². The van der Waals surface area contributed by atoms with Crippen molar-refractivity contribution in [2.75, 3.05) is 13.6 Å². The highest BCUT2D eigenvalue weighted by atomic mass is 19.1. The van der Waals surface area contributed by atoms with Gasteiger partial charge in [-0.05, 0) is 75.8 Å². The Bertz CT molecular complexity index is 1920. The van der Waals surface area contributed by atoms with E-state index in [1.165, 1.54) is 47.2 Å². The number of halogens is 2. The quantitative estimate of drug-likeness (QED) is 0.314. The number of alkyl carbamates (subject to hydrolysis) is 1. The summed E-state index contributed by atoms with van der Waals surface area (Å²) in [4.78, 5) is 85.2. The fraction of sp³-hybridized carbons (Fsp3) is 0.512. The van der Waals surface area contributed by atoms with E-state index in [1.807, 2.05) is 12.2 Å².